The van der Waals surface area contributed by atoms with Crippen molar-refractivity contribution < 1.29 is 22.7 Å². The lowest BCUT2D eigenvalue weighted by atomic mass is 10.0. The van der Waals surface area contributed by atoms with Crippen LogP contribution in [0.3, 0.4) is 0 Å². The third-order valence-corrected chi connectivity index (χ3v) is 6.55. The zero-order valence-electron chi connectivity index (χ0n) is 17.8. The van der Waals surface area contributed by atoms with Crippen molar-refractivity contribution in [1.82, 2.24) is 9.78 Å². The molecule has 0 unspecified atom stereocenters. The first-order valence-corrected chi connectivity index (χ1v) is 11.6. The van der Waals surface area contributed by atoms with Gasteiger partial charge in [0.2, 0.25) is 0 Å². The predicted molar refractivity (Wildman–Crippen MR) is 115 cm³/mol. The van der Waals surface area contributed by atoms with E-state index in [1.165, 1.54) is 23.0 Å². The van der Waals surface area contributed by atoms with Crippen LogP contribution in [0.4, 0.5) is 15.8 Å². The van der Waals surface area contributed by atoms with Crippen molar-refractivity contribution in [3.05, 3.63) is 41.5 Å². The fraction of sp³-hybridized carbons (Fsp3) is 0.500. The minimum Gasteiger partial charge on any atom is -0.845 e. The Balaban J connectivity index is 1.91. The Morgan fingerprint density at radius 1 is 1.32 bits per heavy atom. The molecule has 0 saturated carbocycles. The summed E-state index contributed by atoms with van der Waals surface area (Å²) in [7, 11) is -2.68. The van der Waals surface area contributed by atoms with Crippen LogP contribution in [-0.2, 0) is 34.8 Å². The van der Waals surface area contributed by atoms with E-state index in [1.54, 1.807) is 27.1 Å². The number of nitrogens with zero attached hydrogens (tertiary/aromatic N) is 4. The second-order valence-electron chi connectivity index (χ2n) is 7.33. The molecule has 0 spiro atoms. The fourth-order valence-electron chi connectivity index (χ4n) is 3.61. The summed E-state index contributed by atoms with van der Waals surface area (Å²) >= 11 is 0. The third-order valence-electron chi connectivity index (χ3n) is 5.15. The Bertz CT molecular complexity index is 1020. The van der Waals surface area contributed by atoms with Gasteiger partial charge in [-0.25, -0.2) is 8.70 Å². The Morgan fingerprint density at radius 3 is 2.45 bits per heavy atom. The number of amidine groups is 1. The number of benzene rings is 1. The molecular weight excluding hydrogens is 425 g/mol. The normalized spacial score (nSPS) is 15.8. The smallest absolute Gasteiger partial charge is 0.345 e. The van der Waals surface area contributed by atoms with Gasteiger partial charge in [0.15, 0.2) is 0 Å². The Kier molecular flexibility index (Phi) is 7.16. The van der Waals surface area contributed by atoms with E-state index in [1.807, 2.05) is 0 Å². The Hall–Kier alpha value is -2.66. The summed E-state index contributed by atoms with van der Waals surface area (Å²) in [4.78, 5) is 0. The SMILES string of the molecule is CCc1cc(N/C([O-])=N/S(=O)(=O)N(c2cnn(C)c2)C2CCOCC2)cc(CC)c1F. The number of hydrogen-bond acceptors (Lipinski definition) is 5. The van der Waals surface area contributed by atoms with Crippen LogP contribution in [-0.4, -0.2) is 43.5 Å². The molecule has 170 valence electrons. The molecule has 9 nitrogen and oxygen atoms in total. The molecule has 0 atom stereocenters. The zero-order valence-corrected chi connectivity index (χ0v) is 18.7. The van der Waals surface area contributed by atoms with Crippen molar-refractivity contribution in [3.8, 4) is 0 Å². The number of halogens is 1. The van der Waals surface area contributed by atoms with Crippen molar-refractivity contribution in [1.29, 1.82) is 0 Å². The Morgan fingerprint density at radius 2 is 1.94 bits per heavy atom. The molecule has 1 fully saturated rings. The van der Waals surface area contributed by atoms with Crippen molar-refractivity contribution in [2.24, 2.45) is 11.4 Å². The molecule has 0 amide bonds. The number of nitrogens with one attached hydrogen (secondary N) is 1. The molecule has 0 bridgehead atoms. The van der Waals surface area contributed by atoms with Crippen molar-refractivity contribution in [2.45, 2.75) is 45.6 Å². The lowest BCUT2D eigenvalue weighted by molar-refractivity contribution is -0.213. The summed E-state index contributed by atoms with van der Waals surface area (Å²) in [6, 6.07) is 1.54. The van der Waals surface area contributed by atoms with E-state index in [-0.39, 0.29) is 5.82 Å². The summed E-state index contributed by atoms with van der Waals surface area (Å²) < 4.78 is 51.9. The van der Waals surface area contributed by atoms with Gasteiger partial charge in [0.25, 0.3) is 0 Å². The van der Waals surface area contributed by atoms with Crippen molar-refractivity contribution in [3.63, 3.8) is 0 Å². The zero-order chi connectivity index (χ0) is 22.6. The van der Waals surface area contributed by atoms with Crippen LogP contribution < -0.4 is 14.7 Å². The number of aromatic nitrogens is 2. The second kappa shape index (κ2) is 9.65. The first-order valence-electron chi connectivity index (χ1n) is 10.2. The summed E-state index contributed by atoms with van der Waals surface area (Å²) in [6.45, 7) is 4.44. The molecule has 3 rings (SSSR count). The van der Waals surface area contributed by atoms with E-state index < -0.39 is 22.3 Å². The van der Waals surface area contributed by atoms with Gasteiger partial charge in [0.05, 0.1) is 23.9 Å². The van der Waals surface area contributed by atoms with Crippen molar-refractivity contribution >= 4 is 27.6 Å². The molecule has 2 aromatic rings. The lowest BCUT2D eigenvalue weighted by Gasteiger charge is -2.33. The molecule has 1 aromatic carbocycles. The first-order chi connectivity index (χ1) is 14.7. The van der Waals surface area contributed by atoms with Gasteiger partial charge in [0, 0.05) is 32.1 Å². The highest BCUT2D eigenvalue weighted by Crippen LogP contribution is 2.27. The van der Waals surface area contributed by atoms with Gasteiger partial charge in [0.1, 0.15) is 5.82 Å². The monoisotopic (exact) mass is 452 g/mol. The number of rotatable bonds is 7. The standard InChI is InChI=1S/C20H28FN5O4S/c1-4-14-10-16(11-15(5-2)19(14)21)23-20(27)24-31(28,29)26(17-6-8-30-9-7-17)18-12-22-25(3)13-18/h10-13,17H,4-9H2,1-3H3,(H2,23,24,27)/p-1. The van der Waals surface area contributed by atoms with E-state index in [4.69, 9.17) is 4.74 Å². The van der Waals surface area contributed by atoms with Gasteiger partial charge in [-0.1, -0.05) is 13.8 Å². The average Bonchev–Trinajstić information content (AvgIpc) is 3.14. The number of ether oxygens (including phenoxy) is 1. The summed E-state index contributed by atoms with van der Waals surface area (Å²) in [5, 5.41) is 19.0. The summed E-state index contributed by atoms with van der Waals surface area (Å²) in [5.41, 5.74) is 1.51. The number of hydrogen-bond donors (Lipinski definition) is 1. The highest BCUT2D eigenvalue weighted by Gasteiger charge is 2.32. The van der Waals surface area contributed by atoms with Crippen LogP contribution in [0, 0.1) is 5.82 Å². The van der Waals surface area contributed by atoms with Gasteiger partial charge in [-0.05, 0) is 48.9 Å². The minimum absolute atomic E-state index is 0.304. The Labute approximate surface area is 181 Å². The maximum Gasteiger partial charge on any atom is 0.345 e. The van der Waals surface area contributed by atoms with E-state index in [2.05, 4.69) is 14.8 Å². The van der Waals surface area contributed by atoms with Crippen LogP contribution in [0.25, 0.3) is 0 Å². The maximum absolute atomic E-state index is 14.3. The highest BCUT2D eigenvalue weighted by molar-refractivity contribution is 7.91. The van der Waals surface area contributed by atoms with E-state index in [9.17, 15) is 17.9 Å². The van der Waals surface area contributed by atoms with Crippen LogP contribution in [0.5, 0.6) is 0 Å². The molecule has 1 saturated heterocycles. The molecule has 0 aliphatic carbocycles. The van der Waals surface area contributed by atoms with E-state index >= 15 is 0 Å². The average molecular weight is 453 g/mol. The summed E-state index contributed by atoms with van der Waals surface area (Å²) in [6.07, 6.45) is 4.81. The van der Waals surface area contributed by atoms with Gasteiger partial charge >= 0.3 is 10.2 Å². The largest absolute Gasteiger partial charge is 0.845 e. The second-order valence-corrected chi connectivity index (χ2v) is 8.80. The predicted octanol–water partition coefficient (Wildman–Crippen LogP) is 1.74. The van der Waals surface area contributed by atoms with E-state index in [0.717, 1.165) is 4.31 Å². The summed E-state index contributed by atoms with van der Waals surface area (Å²) in [5.74, 6) is -0.310. The van der Waals surface area contributed by atoms with Crippen LogP contribution in [0.1, 0.15) is 37.8 Å². The minimum atomic E-state index is -4.36. The molecule has 1 aromatic heterocycles. The fourth-order valence-corrected chi connectivity index (χ4v) is 4.90. The van der Waals surface area contributed by atoms with Crippen LogP contribution in [0.15, 0.2) is 28.9 Å². The topological polar surface area (TPSA) is 112 Å². The molecule has 2 heterocycles. The van der Waals surface area contributed by atoms with Crippen LogP contribution >= 0.6 is 0 Å². The third kappa shape index (κ3) is 5.34. The first kappa shape index (κ1) is 23.0. The maximum atomic E-state index is 14.3. The highest BCUT2D eigenvalue weighted by atomic mass is 32.2. The number of anilines is 2. The van der Waals surface area contributed by atoms with Gasteiger partial charge in [-0.2, -0.15) is 13.5 Å². The molecule has 1 N–H and O–H groups in total. The molecule has 1 aliphatic rings. The van der Waals surface area contributed by atoms with Crippen molar-refractivity contribution in [2.75, 3.05) is 22.8 Å². The lowest BCUT2D eigenvalue weighted by Crippen LogP contribution is -2.44. The quantitative estimate of drug-likeness (QED) is 0.506. The van der Waals surface area contributed by atoms with E-state index in [0.29, 0.717) is 61.4 Å². The molecule has 11 heteroatoms. The van der Waals surface area contributed by atoms with Crippen LogP contribution in [0.2, 0.25) is 0 Å². The molecule has 31 heavy (non-hydrogen) atoms. The van der Waals surface area contributed by atoms with Gasteiger partial charge < -0.3 is 15.2 Å². The van der Waals surface area contributed by atoms with Gasteiger partial charge in [-0.15, -0.1) is 4.40 Å². The molecular formula is C20H27FN5O4S-. The molecule has 0 radical (unpaired) electrons. The number of aryl methyl sites for hydroxylation is 3. The molecule has 1 aliphatic heterocycles. The van der Waals surface area contributed by atoms with Gasteiger partial charge in [-0.3, -0.25) is 4.68 Å².